The summed E-state index contributed by atoms with van der Waals surface area (Å²) in [5, 5.41) is 0. The smallest absolute Gasteiger partial charge is 0.0765 e. The summed E-state index contributed by atoms with van der Waals surface area (Å²) in [6.07, 6.45) is 6.37. The number of alkyl halides is 4. The Kier molecular flexibility index (Phi) is 5.12. The molecule has 0 amide bonds. The van der Waals surface area contributed by atoms with Crippen LogP contribution in [0.1, 0.15) is 32.1 Å². The van der Waals surface area contributed by atoms with Crippen LogP contribution in [-0.4, -0.2) is 6.97 Å². The van der Waals surface area contributed by atoms with Crippen LogP contribution in [0.2, 0.25) is 0 Å². The summed E-state index contributed by atoms with van der Waals surface area (Å²) in [6.45, 7) is 0. The molecule has 1 aliphatic rings. The van der Waals surface area contributed by atoms with E-state index in [0.29, 0.717) is 3.74 Å². The van der Waals surface area contributed by atoms with Gasteiger partial charge in [0, 0.05) is 0 Å². The molecule has 0 aromatic heterocycles. The van der Waals surface area contributed by atoms with Crippen molar-refractivity contribution in [1.29, 1.82) is 0 Å². The molecule has 72 valence electrons. The van der Waals surface area contributed by atoms with Gasteiger partial charge in [-0.05, 0) is 38.0 Å². The number of hydrogen-bond donors (Lipinski definition) is 0. The zero-order valence-corrected chi connectivity index (χ0v) is 13.0. The molecule has 0 heterocycles. The molecule has 0 bridgehead atoms. The molecule has 1 saturated carbocycles. The second-order valence-corrected chi connectivity index (χ2v) is 11.0. The Balaban J connectivity index is 2.27. The highest BCUT2D eigenvalue weighted by Crippen LogP contribution is 2.44. The van der Waals surface area contributed by atoms with Crippen LogP contribution in [0.3, 0.4) is 0 Å². The Hall–Kier alpha value is 1.92. The average Bonchev–Trinajstić information content (AvgIpc) is 1.93. The van der Waals surface area contributed by atoms with Gasteiger partial charge in [-0.15, -0.1) is 0 Å². The molecule has 0 spiro atoms. The number of halogens is 4. The van der Waals surface area contributed by atoms with Crippen LogP contribution in [0.25, 0.3) is 0 Å². The highest BCUT2D eigenvalue weighted by atomic mass is 79.9. The second-order valence-electron chi connectivity index (χ2n) is 3.43. The van der Waals surface area contributed by atoms with Crippen molar-refractivity contribution in [3.63, 3.8) is 0 Å². The van der Waals surface area contributed by atoms with E-state index < -0.39 is 0 Å². The minimum Gasteiger partial charge on any atom is -0.0765 e. The monoisotopic (exact) mass is 424 g/mol. The van der Waals surface area contributed by atoms with Crippen molar-refractivity contribution < 1.29 is 0 Å². The van der Waals surface area contributed by atoms with E-state index in [-0.39, 0.29) is 3.23 Å². The third kappa shape index (κ3) is 4.43. The van der Waals surface area contributed by atoms with E-state index in [1.165, 1.54) is 32.1 Å². The lowest BCUT2D eigenvalue weighted by Crippen LogP contribution is -2.22. The van der Waals surface area contributed by atoms with Gasteiger partial charge in [0.25, 0.3) is 0 Å². The van der Waals surface area contributed by atoms with Gasteiger partial charge in [-0.3, -0.25) is 0 Å². The van der Waals surface area contributed by atoms with E-state index in [9.17, 15) is 0 Å². The molecule has 0 aromatic rings. The number of hydrogen-bond acceptors (Lipinski definition) is 0. The Morgan fingerprint density at radius 3 is 2.08 bits per heavy atom. The summed E-state index contributed by atoms with van der Waals surface area (Å²) in [6, 6.07) is 0. The second kappa shape index (κ2) is 5.13. The first-order valence-corrected chi connectivity index (χ1v) is 7.57. The van der Waals surface area contributed by atoms with Gasteiger partial charge in [0.15, 0.2) is 0 Å². The highest BCUT2D eigenvalue weighted by Gasteiger charge is 2.30. The van der Waals surface area contributed by atoms with Crippen molar-refractivity contribution >= 4 is 63.7 Å². The average molecular weight is 428 g/mol. The summed E-state index contributed by atoms with van der Waals surface area (Å²) in [4.78, 5) is 0. The molecule has 0 radical (unpaired) electrons. The quantitative estimate of drug-likeness (QED) is 0.533. The fraction of sp³-hybridized carbons (Fsp3) is 1.00. The third-order valence-corrected chi connectivity index (χ3v) is 4.68. The normalized spacial score (nSPS) is 24.8. The van der Waals surface area contributed by atoms with Crippen LogP contribution in [0.4, 0.5) is 0 Å². The standard InChI is InChI=1S/C8H12Br4/c9-7(10)5-6-1-3-8(11,12)4-2-6/h6-7H,1-5H2. The van der Waals surface area contributed by atoms with Crippen molar-refractivity contribution in [3.05, 3.63) is 0 Å². The van der Waals surface area contributed by atoms with E-state index in [2.05, 4.69) is 63.7 Å². The van der Waals surface area contributed by atoms with E-state index in [1.807, 2.05) is 0 Å². The van der Waals surface area contributed by atoms with Gasteiger partial charge >= 0.3 is 0 Å². The van der Waals surface area contributed by atoms with E-state index in [4.69, 9.17) is 0 Å². The van der Waals surface area contributed by atoms with Crippen LogP contribution < -0.4 is 0 Å². The fourth-order valence-corrected chi connectivity index (χ4v) is 3.56. The van der Waals surface area contributed by atoms with Gasteiger partial charge < -0.3 is 0 Å². The first-order valence-electron chi connectivity index (χ1n) is 4.15. The number of rotatable bonds is 2. The first kappa shape index (κ1) is 12.0. The molecule has 0 atom stereocenters. The maximum Gasteiger partial charge on any atom is 0.0805 e. The van der Waals surface area contributed by atoms with Crippen molar-refractivity contribution in [2.24, 2.45) is 5.92 Å². The summed E-state index contributed by atoms with van der Waals surface area (Å²) < 4.78 is 0.734. The van der Waals surface area contributed by atoms with Gasteiger partial charge in [0.1, 0.15) is 0 Å². The lowest BCUT2D eigenvalue weighted by atomic mass is 9.87. The minimum atomic E-state index is 0.241. The summed E-state index contributed by atoms with van der Waals surface area (Å²) in [5.74, 6) is 0.886. The SMILES string of the molecule is BrC(Br)CC1CCC(Br)(Br)CC1. The van der Waals surface area contributed by atoms with Gasteiger partial charge in [-0.2, -0.15) is 0 Å². The molecule has 12 heavy (non-hydrogen) atoms. The van der Waals surface area contributed by atoms with Gasteiger partial charge in [0.05, 0.1) is 6.97 Å². The van der Waals surface area contributed by atoms with Crippen LogP contribution >= 0.6 is 63.7 Å². The lowest BCUT2D eigenvalue weighted by Gasteiger charge is -2.31. The predicted molar refractivity (Wildman–Crippen MR) is 68.8 cm³/mol. The molecule has 0 N–H and O–H groups in total. The fourth-order valence-electron chi connectivity index (χ4n) is 1.59. The molecule has 0 unspecified atom stereocenters. The Bertz CT molecular complexity index is 134. The van der Waals surface area contributed by atoms with Crippen molar-refractivity contribution in [2.75, 3.05) is 0 Å². The van der Waals surface area contributed by atoms with E-state index in [1.54, 1.807) is 0 Å². The topological polar surface area (TPSA) is 0 Å². The Labute approximate surface area is 108 Å². The third-order valence-electron chi connectivity index (χ3n) is 2.35. The van der Waals surface area contributed by atoms with Crippen LogP contribution in [-0.2, 0) is 0 Å². The molecule has 1 aliphatic carbocycles. The highest BCUT2D eigenvalue weighted by molar-refractivity contribution is 9.25. The summed E-state index contributed by atoms with van der Waals surface area (Å²) >= 11 is 14.4. The summed E-state index contributed by atoms with van der Waals surface area (Å²) in [5.41, 5.74) is 0. The molecule has 1 rings (SSSR count). The van der Waals surface area contributed by atoms with Gasteiger partial charge in [-0.25, -0.2) is 0 Å². The van der Waals surface area contributed by atoms with E-state index in [0.717, 1.165) is 5.92 Å². The maximum absolute atomic E-state index is 3.68. The molecule has 0 saturated heterocycles. The minimum absolute atomic E-state index is 0.241. The molecule has 4 heteroatoms. The lowest BCUT2D eigenvalue weighted by molar-refractivity contribution is 0.349. The van der Waals surface area contributed by atoms with Crippen LogP contribution in [0.5, 0.6) is 0 Å². The zero-order chi connectivity index (χ0) is 9.19. The van der Waals surface area contributed by atoms with Crippen molar-refractivity contribution in [1.82, 2.24) is 0 Å². The van der Waals surface area contributed by atoms with Crippen LogP contribution in [0.15, 0.2) is 0 Å². The zero-order valence-electron chi connectivity index (χ0n) is 6.70. The maximum atomic E-state index is 3.68. The summed E-state index contributed by atoms with van der Waals surface area (Å²) in [7, 11) is 0. The molecular weight excluding hydrogens is 416 g/mol. The van der Waals surface area contributed by atoms with Gasteiger partial charge in [-0.1, -0.05) is 63.7 Å². The molecule has 0 aliphatic heterocycles. The Morgan fingerprint density at radius 1 is 1.17 bits per heavy atom. The molecule has 1 fully saturated rings. The van der Waals surface area contributed by atoms with Crippen molar-refractivity contribution in [2.45, 2.75) is 39.1 Å². The van der Waals surface area contributed by atoms with Crippen LogP contribution in [0, 0.1) is 5.92 Å². The molecule has 0 nitrogen and oxygen atoms in total. The molecular formula is C8H12Br4. The van der Waals surface area contributed by atoms with Crippen molar-refractivity contribution in [3.8, 4) is 0 Å². The van der Waals surface area contributed by atoms with E-state index >= 15 is 0 Å². The Morgan fingerprint density at radius 2 is 1.67 bits per heavy atom. The largest absolute Gasteiger partial charge is 0.0805 e. The predicted octanol–water partition coefficient (Wildman–Crippen LogP) is 5.17. The first-order chi connectivity index (χ1) is 5.49. The van der Waals surface area contributed by atoms with Gasteiger partial charge in [0.2, 0.25) is 0 Å². The molecule has 0 aromatic carbocycles.